The van der Waals surface area contributed by atoms with E-state index in [2.05, 4.69) is 5.32 Å². The standard InChI is InChI=1S/C15H21NO3S/c1-5-10(2)13(17)16-11-8-6-7-9-12(11)20-15(3,4)14(18)19/h6-10H,5H2,1-4H3,(H,16,17)(H,18,19)/t10-/m1/s1. The number of hydrogen-bond donors (Lipinski definition) is 2. The van der Waals surface area contributed by atoms with Gasteiger partial charge in [0.05, 0.1) is 5.69 Å². The molecule has 0 saturated heterocycles. The van der Waals surface area contributed by atoms with Gasteiger partial charge in [-0.3, -0.25) is 9.59 Å². The monoisotopic (exact) mass is 295 g/mol. The summed E-state index contributed by atoms with van der Waals surface area (Å²) in [5.74, 6) is -1.00. The fraction of sp³-hybridized carbons (Fsp3) is 0.467. The molecule has 0 aliphatic carbocycles. The molecule has 4 nitrogen and oxygen atoms in total. The summed E-state index contributed by atoms with van der Waals surface area (Å²) in [5.41, 5.74) is 0.664. The van der Waals surface area contributed by atoms with E-state index in [4.69, 9.17) is 0 Å². The van der Waals surface area contributed by atoms with E-state index in [0.717, 1.165) is 11.3 Å². The Balaban J connectivity index is 2.94. The van der Waals surface area contributed by atoms with Crippen molar-refractivity contribution in [1.82, 2.24) is 0 Å². The summed E-state index contributed by atoms with van der Waals surface area (Å²) in [6.45, 7) is 7.12. The lowest BCUT2D eigenvalue weighted by Crippen LogP contribution is -2.27. The van der Waals surface area contributed by atoms with Gasteiger partial charge in [-0.05, 0) is 32.4 Å². The van der Waals surface area contributed by atoms with Gasteiger partial charge in [-0.25, -0.2) is 0 Å². The zero-order valence-corrected chi connectivity index (χ0v) is 13.1. The van der Waals surface area contributed by atoms with Crippen LogP contribution in [0.4, 0.5) is 5.69 Å². The van der Waals surface area contributed by atoms with Crippen LogP contribution in [0.1, 0.15) is 34.1 Å². The number of hydrogen-bond acceptors (Lipinski definition) is 3. The molecule has 0 radical (unpaired) electrons. The highest BCUT2D eigenvalue weighted by atomic mass is 32.2. The molecule has 1 amide bonds. The van der Waals surface area contributed by atoms with E-state index in [1.165, 1.54) is 11.8 Å². The second kappa shape index (κ2) is 6.79. The Morgan fingerprint density at radius 1 is 1.35 bits per heavy atom. The fourth-order valence-corrected chi connectivity index (χ4v) is 2.43. The third-order valence-corrected chi connectivity index (χ3v) is 4.35. The van der Waals surface area contributed by atoms with Crippen LogP contribution in [0.2, 0.25) is 0 Å². The number of nitrogens with one attached hydrogen (secondary N) is 1. The summed E-state index contributed by atoms with van der Waals surface area (Å²) < 4.78 is -0.947. The highest BCUT2D eigenvalue weighted by Crippen LogP contribution is 2.37. The van der Waals surface area contributed by atoms with E-state index in [-0.39, 0.29) is 11.8 Å². The minimum atomic E-state index is -0.947. The number of carbonyl (C=O) groups is 2. The van der Waals surface area contributed by atoms with E-state index >= 15 is 0 Å². The van der Waals surface area contributed by atoms with Crippen LogP contribution in [0, 0.1) is 5.92 Å². The molecule has 1 atom stereocenters. The molecule has 0 aliphatic heterocycles. The van der Waals surface area contributed by atoms with Crippen LogP contribution in [0.3, 0.4) is 0 Å². The summed E-state index contributed by atoms with van der Waals surface area (Å²) in [4.78, 5) is 23.9. The van der Waals surface area contributed by atoms with E-state index < -0.39 is 10.7 Å². The normalized spacial score (nSPS) is 12.8. The molecule has 2 N–H and O–H groups in total. The van der Waals surface area contributed by atoms with Crippen molar-refractivity contribution in [3.63, 3.8) is 0 Å². The average Bonchev–Trinajstić information content (AvgIpc) is 2.39. The number of carbonyl (C=O) groups excluding carboxylic acids is 1. The van der Waals surface area contributed by atoms with E-state index in [1.807, 2.05) is 32.0 Å². The lowest BCUT2D eigenvalue weighted by Gasteiger charge is -2.21. The topological polar surface area (TPSA) is 66.4 Å². The summed E-state index contributed by atoms with van der Waals surface area (Å²) in [6, 6.07) is 7.27. The number of carboxylic acid groups (broad SMARTS) is 1. The molecule has 1 aromatic rings. The maximum absolute atomic E-state index is 12.0. The maximum Gasteiger partial charge on any atom is 0.319 e. The number of carboxylic acids is 1. The second-order valence-corrected chi connectivity index (χ2v) is 6.88. The van der Waals surface area contributed by atoms with Gasteiger partial charge in [-0.2, -0.15) is 0 Å². The largest absolute Gasteiger partial charge is 0.480 e. The van der Waals surface area contributed by atoms with Gasteiger partial charge in [0.1, 0.15) is 4.75 Å². The first-order chi connectivity index (χ1) is 9.27. The fourth-order valence-electron chi connectivity index (χ4n) is 1.42. The summed E-state index contributed by atoms with van der Waals surface area (Å²) in [5, 5.41) is 12.1. The molecule has 0 bridgehead atoms. The molecule has 0 fully saturated rings. The molecule has 0 saturated carbocycles. The zero-order valence-electron chi connectivity index (χ0n) is 12.3. The Hall–Kier alpha value is -1.49. The predicted octanol–water partition coefficient (Wildman–Crippen LogP) is 3.63. The van der Waals surface area contributed by atoms with Gasteiger partial charge in [0, 0.05) is 10.8 Å². The summed E-state index contributed by atoms with van der Waals surface area (Å²) in [7, 11) is 0. The average molecular weight is 295 g/mol. The van der Waals surface area contributed by atoms with Crippen LogP contribution in [-0.2, 0) is 9.59 Å². The molecule has 0 aliphatic rings. The number of para-hydroxylation sites is 1. The molecular formula is C15H21NO3S. The molecule has 1 rings (SSSR count). The third kappa shape index (κ3) is 4.27. The smallest absolute Gasteiger partial charge is 0.319 e. The molecule has 110 valence electrons. The van der Waals surface area contributed by atoms with E-state index in [9.17, 15) is 14.7 Å². The Labute approximate surface area is 124 Å². The van der Waals surface area contributed by atoms with Crippen molar-refractivity contribution in [3.05, 3.63) is 24.3 Å². The Morgan fingerprint density at radius 2 is 1.95 bits per heavy atom. The number of amides is 1. The number of benzene rings is 1. The van der Waals surface area contributed by atoms with Crippen molar-refractivity contribution < 1.29 is 14.7 Å². The van der Waals surface area contributed by atoms with Crippen LogP contribution < -0.4 is 5.32 Å². The Morgan fingerprint density at radius 3 is 2.50 bits per heavy atom. The third-order valence-electron chi connectivity index (χ3n) is 3.09. The Kier molecular flexibility index (Phi) is 5.62. The highest BCUT2D eigenvalue weighted by Gasteiger charge is 2.29. The van der Waals surface area contributed by atoms with Crippen molar-refractivity contribution >= 4 is 29.3 Å². The van der Waals surface area contributed by atoms with Crippen LogP contribution in [0.25, 0.3) is 0 Å². The van der Waals surface area contributed by atoms with Gasteiger partial charge in [0.25, 0.3) is 0 Å². The first-order valence-electron chi connectivity index (χ1n) is 6.60. The van der Waals surface area contributed by atoms with Gasteiger partial charge in [-0.15, -0.1) is 11.8 Å². The minimum Gasteiger partial charge on any atom is -0.480 e. The summed E-state index contributed by atoms with van der Waals surface area (Å²) >= 11 is 1.23. The molecule has 1 aromatic carbocycles. The summed E-state index contributed by atoms with van der Waals surface area (Å²) in [6.07, 6.45) is 0.766. The van der Waals surface area contributed by atoms with Crippen LogP contribution in [-0.4, -0.2) is 21.7 Å². The van der Waals surface area contributed by atoms with Crippen LogP contribution >= 0.6 is 11.8 Å². The van der Waals surface area contributed by atoms with Crippen molar-refractivity contribution in [2.24, 2.45) is 5.92 Å². The molecule has 0 spiro atoms. The minimum absolute atomic E-state index is 0.0475. The predicted molar refractivity (Wildman–Crippen MR) is 82.1 cm³/mol. The van der Waals surface area contributed by atoms with Crippen LogP contribution in [0.5, 0.6) is 0 Å². The van der Waals surface area contributed by atoms with Crippen molar-refractivity contribution in [2.45, 2.75) is 43.8 Å². The first-order valence-corrected chi connectivity index (χ1v) is 7.42. The van der Waals surface area contributed by atoms with Crippen molar-refractivity contribution in [2.75, 3.05) is 5.32 Å². The Bertz CT molecular complexity index is 500. The van der Waals surface area contributed by atoms with Gasteiger partial charge in [-0.1, -0.05) is 26.0 Å². The van der Waals surface area contributed by atoms with E-state index in [0.29, 0.717) is 5.69 Å². The van der Waals surface area contributed by atoms with Crippen molar-refractivity contribution in [3.8, 4) is 0 Å². The van der Waals surface area contributed by atoms with Gasteiger partial charge in [0.15, 0.2) is 0 Å². The maximum atomic E-state index is 12.0. The highest BCUT2D eigenvalue weighted by molar-refractivity contribution is 8.01. The quantitative estimate of drug-likeness (QED) is 0.787. The molecule has 0 heterocycles. The van der Waals surface area contributed by atoms with E-state index in [1.54, 1.807) is 19.9 Å². The molecule has 0 aromatic heterocycles. The first kappa shape index (κ1) is 16.6. The molecule has 5 heteroatoms. The van der Waals surface area contributed by atoms with Gasteiger partial charge >= 0.3 is 5.97 Å². The lowest BCUT2D eigenvalue weighted by atomic mass is 10.1. The number of aliphatic carboxylic acids is 1. The number of thioether (sulfide) groups is 1. The van der Waals surface area contributed by atoms with Gasteiger partial charge < -0.3 is 10.4 Å². The molecule has 20 heavy (non-hydrogen) atoms. The van der Waals surface area contributed by atoms with Crippen molar-refractivity contribution in [1.29, 1.82) is 0 Å². The molecule has 0 unspecified atom stereocenters. The molecular weight excluding hydrogens is 274 g/mol. The zero-order chi connectivity index (χ0) is 15.3. The van der Waals surface area contributed by atoms with Crippen LogP contribution in [0.15, 0.2) is 29.2 Å². The number of rotatable bonds is 6. The second-order valence-electron chi connectivity index (χ2n) is 5.21. The number of anilines is 1. The SMILES string of the molecule is CC[C@@H](C)C(=O)Nc1ccccc1SC(C)(C)C(=O)O. The van der Waals surface area contributed by atoms with Gasteiger partial charge in [0.2, 0.25) is 5.91 Å². The lowest BCUT2D eigenvalue weighted by molar-refractivity contribution is -0.138.